The van der Waals surface area contributed by atoms with Crippen molar-refractivity contribution in [2.75, 3.05) is 13.2 Å². The first-order valence-corrected chi connectivity index (χ1v) is 4.00. The van der Waals surface area contributed by atoms with Crippen LogP contribution in [0.5, 0.6) is 0 Å². The van der Waals surface area contributed by atoms with Crippen molar-refractivity contribution in [1.82, 2.24) is 0 Å². The molecule has 0 aromatic rings. The van der Waals surface area contributed by atoms with Crippen LogP contribution >= 0.6 is 0 Å². The molecule has 2 heteroatoms. The van der Waals surface area contributed by atoms with Gasteiger partial charge in [0.25, 0.3) is 0 Å². The lowest BCUT2D eigenvalue weighted by atomic mass is 9.96. The van der Waals surface area contributed by atoms with Gasteiger partial charge in [0.15, 0.2) is 6.29 Å². The third-order valence-corrected chi connectivity index (χ3v) is 1.63. The van der Waals surface area contributed by atoms with E-state index in [1.54, 1.807) is 0 Å². The Kier molecular flexibility index (Phi) is 2.68. The molecule has 0 aromatic carbocycles. The van der Waals surface area contributed by atoms with Gasteiger partial charge < -0.3 is 9.47 Å². The van der Waals surface area contributed by atoms with Crippen molar-refractivity contribution in [3.8, 4) is 0 Å². The largest absolute Gasteiger partial charge is 0.348 e. The average molecular weight is 156 g/mol. The number of rotatable bonds is 1. The van der Waals surface area contributed by atoms with Gasteiger partial charge in [-0.3, -0.25) is 0 Å². The Bertz CT molecular complexity index is 140. The Morgan fingerprint density at radius 2 is 1.82 bits per heavy atom. The molecule has 1 rings (SSSR count). The molecule has 0 bridgehead atoms. The van der Waals surface area contributed by atoms with Crippen LogP contribution in [0.3, 0.4) is 0 Å². The summed E-state index contributed by atoms with van der Waals surface area (Å²) in [5, 5.41) is 0. The minimum atomic E-state index is -0.118. The highest BCUT2D eigenvalue weighted by Gasteiger charge is 2.26. The van der Waals surface area contributed by atoms with E-state index in [0.29, 0.717) is 0 Å². The molecule has 0 saturated carbocycles. The Balaban J connectivity index is 2.36. The van der Waals surface area contributed by atoms with Crippen molar-refractivity contribution in [1.29, 1.82) is 0 Å². The van der Waals surface area contributed by atoms with Crippen molar-refractivity contribution in [3.63, 3.8) is 0 Å². The number of ether oxygens (including phenoxy) is 2. The first-order valence-electron chi connectivity index (χ1n) is 4.00. The molecule has 0 radical (unpaired) electrons. The molecule has 0 amide bonds. The third-order valence-electron chi connectivity index (χ3n) is 1.63. The van der Waals surface area contributed by atoms with Crippen LogP contribution in [0, 0.1) is 5.41 Å². The van der Waals surface area contributed by atoms with Gasteiger partial charge in [-0.05, 0) is 13.0 Å². The minimum Gasteiger partial charge on any atom is -0.348 e. The van der Waals surface area contributed by atoms with E-state index < -0.39 is 0 Å². The number of hydrogen-bond donors (Lipinski definition) is 0. The first-order chi connectivity index (χ1) is 5.14. The van der Waals surface area contributed by atoms with Crippen LogP contribution in [0.1, 0.15) is 20.8 Å². The van der Waals surface area contributed by atoms with E-state index in [-0.39, 0.29) is 11.7 Å². The van der Waals surface area contributed by atoms with Crippen LogP contribution in [0.4, 0.5) is 0 Å². The van der Waals surface area contributed by atoms with Crippen LogP contribution in [-0.2, 0) is 9.47 Å². The van der Waals surface area contributed by atoms with Crippen molar-refractivity contribution in [2.24, 2.45) is 5.41 Å². The fraction of sp³-hybridized carbons (Fsp3) is 0.778. The Labute approximate surface area is 68.2 Å². The summed E-state index contributed by atoms with van der Waals surface area (Å²) in [5.74, 6) is 0. The van der Waals surface area contributed by atoms with Gasteiger partial charge in [-0.2, -0.15) is 0 Å². The Morgan fingerprint density at radius 3 is 2.27 bits per heavy atom. The molecule has 0 aliphatic carbocycles. The molecule has 1 aliphatic rings. The molecule has 1 saturated heterocycles. The molecule has 1 fully saturated rings. The van der Waals surface area contributed by atoms with Crippen LogP contribution in [-0.4, -0.2) is 19.5 Å². The maximum absolute atomic E-state index is 5.42. The average Bonchev–Trinajstić information content (AvgIpc) is 1.94. The van der Waals surface area contributed by atoms with Gasteiger partial charge >= 0.3 is 0 Å². The highest BCUT2D eigenvalue weighted by molar-refractivity contribution is 4.84. The molecule has 0 N–H and O–H groups in total. The molecule has 64 valence electrons. The number of hydrogen-bond acceptors (Lipinski definition) is 2. The van der Waals surface area contributed by atoms with Gasteiger partial charge in [-0.15, -0.1) is 0 Å². The summed E-state index contributed by atoms with van der Waals surface area (Å²) >= 11 is 0. The smallest absolute Gasteiger partial charge is 0.176 e. The van der Waals surface area contributed by atoms with E-state index in [9.17, 15) is 0 Å². The van der Waals surface area contributed by atoms with Crippen LogP contribution < -0.4 is 0 Å². The second kappa shape index (κ2) is 3.37. The zero-order valence-corrected chi connectivity index (χ0v) is 7.46. The van der Waals surface area contributed by atoms with Gasteiger partial charge in [0, 0.05) is 5.41 Å². The van der Waals surface area contributed by atoms with Crippen LogP contribution in [0.2, 0.25) is 0 Å². The lowest BCUT2D eigenvalue weighted by molar-refractivity contribution is -0.197. The SMILES string of the molecule is C/C=C\C1OCC(C)(C)CO1. The third kappa shape index (κ3) is 2.64. The van der Waals surface area contributed by atoms with Crippen molar-refractivity contribution >= 4 is 0 Å². The van der Waals surface area contributed by atoms with E-state index in [4.69, 9.17) is 9.47 Å². The normalized spacial score (nSPS) is 26.1. The summed E-state index contributed by atoms with van der Waals surface area (Å²) in [5.41, 5.74) is 0.179. The molecule has 2 nitrogen and oxygen atoms in total. The van der Waals surface area contributed by atoms with E-state index in [1.807, 2.05) is 19.1 Å². The quantitative estimate of drug-likeness (QED) is 0.540. The maximum Gasteiger partial charge on any atom is 0.176 e. The van der Waals surface area contributed by atoms with Crippen molar-refractivity contribution in [2.45, 2.75) is 27.1 Å². The fourth-order valence-corrected chi connectivity index (χ4v) is 0.973. The second-order valence-corrected chi connectivity index (χ2v) is 3.68. The fourth-order valence-electron chi connectivity index (χ4n) is 0.973. The number of allylic oxidation sites excluding steroid dienone is 1. The van der Waals surface area contributed by atoms with E-state index in [1.165, 1.54) is 0 Å². The summed E-state index contributed by atoms with van der Waals surface area (Å²) in [6, 6.07) is 0. The predicted molar refractivity (Wildman–Crippen MR) is 44.3 cm³/mol. The molecule has 0 spiro atoms. The van der Waals surface area contributed by atoms with Crippen LogP contribution in [0.25, 0.3) is 0 Å². The monoisotopic (exact) mass is 156 g/mol. The maximum atomic E-state index is 5.42. The molecule has 1 heterocycles. The molecule has 0 aromatic heterocycles. The second-order valence-electron chi connectivity index (χ2n) is 3.68. The van der Waals surface area contributed by atoms with E-state index in [0.717, 1.165) is 13.2 Å². The summed E-state index contributed by atoms with van der Waals surface area (Å²) in [7, 11) is 0. The zero-order valence-electron chi connectivity index (χ0n) is 7.46. The Morgan fingerprint density at radius 1 is 1.27 bits per heavy atom. The standard InChI is InChI=1S/C9H16O2/c1-4-5-8-10-6-9(2,3)7-11-8/h4-5,8H,6-7H2,1-3H3/b5-4-. The highest BCUT2D eigenvalue weighted by Crippen LogP contribution is 2.22. The van der Waals surface area contributed by atoms with Gasteiger partial charge in [0.05, 0.1) is 13.2 Å². The van der Waals surface area contributed by atoms with Gasteiger partial charge in [-0.1, -0.05) is 19.9 Å². The molecule has 0 atom stereocenters. The lowest BCUT2D eigenvalue weighted by Gasteiger charge is -2.33. The van der Waals surface area contributed by atoms with Gasteiger partial charge in [0.1, 0.15) is 0 Å². The molecule has 1 aliphatic heterocycles. The van der Waals surface area contributed by atoms with Gasteiger partial charge in [-0.25, -0.2) is 0 Å². The van der Waals surface area contributed by atoms with E-state index >= 15 is 0 Å². The lowest BCUT2D eigenvalue weighted by Crippen LogP contribution is -2.36. The molecular weight excluding hydrogens is 140 g/mol. The van der Waals surface area contributed by atoms with Crippen LogP contribution in [0.15, 0.2) is 12.2 Å². The Hall–Kier alpha value is -0.340. The first kappa shape index (κ1) is 8.75. The molecular formula is C9H16O2. The highest BCUT2D eigenvalue weighted by atomic mass is 16.7. The van der Waals surface area contributed by atoms with Crippen molar-refractivity contribution < 1.29 is 9.47 Å². The zero-order chi connectivity index (χ0) is 8.32. The summed E-state index contributed by atoms with van der Waals surface area (Å²) in [6.45, 7) is 7.80. The van der Waals surface area contributed by atoms with Crippen molar-refractivity contribution in [3.05, 3.63) is 12.2 Å². The minimum absolute atomic E-state index is 0.118. The topological polar surface area (TPSA) is 18.5 Å². The molecule has 11 heavy (non-hydrogen) atoms. The summed E-state index contributed by atoms with van der Waals surface area (Å²) in [4.78, 5) is 0. The van der Waals surface area contributed by atoms with E-state index in [2.05, 4.69) is 13.8 Å². The van der Waals surface area contributed by atoms with Gasteiger partial charge in [0.2, 0.25) is 0 Å². The summed E-state index contributed by atoms with van der Waals surface area (Å²) in [6.07, 6.45) is 3.76. The molecule has 0 unspecified atom stereocenters. The predicted octanol–water partition coefficient (Wildman–Crippen LogP) is 1.96. The summed E-state index contributed by atoms with van der Waals surface area (Å²) < 4.78 is 10.8.